The third-order valence-electron chi connectivity index (χ3n) is 3.63. The van der Waals surface area contributed by atoms with Crippen molar-refractivity contribution in [3.63, 3.8) is 0 Å². The summed E-state index contributed by atoms with van der Waals surface area (Å²) in [7, 11) is 1.63. The molecule has 2 rings (SSSR count). The second kappa shape index (κ2) is 5.07. The number of hydrogen-bond donors (Lipinski definition) is 0. The molecule has 17 heavy (non-hydrogen) atoms. The lowest BCUT2D eigenvalue weighted by Crippen LogP contribution is -2.05. The summed E-state index contributed by atoms with van der Waals surface area (Å²) in [5.41, 5.74) is 2.83. The largest absolute Gasteiger partial charge is 0.496 e. The Morgan fingerprint density at radius 3 is 2.53 bits per heavy atom. The molecule has 0 amide bonds. The van der Waals surface area contributed by atoms with Gasteiger partial charge < -0.3 is 4.74 Å². The predicted molar refractivity (Wildman–Crippen MR) is 68.3 cm³/mol. The van der Waals surface area contributed by atoms with Crippen LogP contribution < -0.4 is 4.74 Å². The molecule has 0 bridgehead atoms. The maximum Gasteiger partial charge on any atom is 0.133 e. The first-order valence-corrected chi connectivity index (χ1v) is 6.53. The lowest BCUT2D eigenvalue weighted by molar-refractivity contribution is 0.400. The fraction of sp³-hybridized carbons (Fsp3) is 0.600. The molecule has 1 aliphatic rings. The van der Waals surface area contributed by atoms with Crippen LogP contribution in [0.3, 0.4) is 0 Å². The molecule has 0 spiro atoms. The zero-order valence-corrected chi connectivity index (χ0v) is 11.0. The van der Waals surface area contributed by atoms with Gasteiger partial charge in [-0.2, -0.15) is 0 Å². The van der Waals surface area contributed by atoms with Crippen molar-refractivity contribution in [3.8, 4) is 5.75 Å². The van der Waals surface area contributed by atoms with E-state index in [0.717, 1.165) is 48.1 Å². The summed E-state index contributed by atoms with van der Waals surface area (Å²) in [6, 6.07) is 2.05. The molecule has 0 saturated heterocycles. The number of methoxy groups -OCH3 is 1. The van der Waals surface area contributed by atoms with Gasteiger partial charge in [0, 0.05) is 5.56 Å². The van der Waals surface area contributed by atoms with Crippen LogP contribution in [0.4, 0.5) is 4.39 Å². The normalized spacial score (nSPS) is 15.6. The second-order valence-electron chi connectivity index (χ2n) is 5.16. The summed E-state index contributed by atoms with van der Waals surface area (Å²) < 4.78 is 19.9. The number of hydrogen-bond acceptors (Lipinski definition) is 1. The van der Waals surface area contributed by atoms with Crippen LogP contribution in [-0.2, 0) is 12.8 Å². The molecule has 2 heteroatoms. The lowest BCUT2D eigenvalue weighted by atomic mass is 9.93. The van der Waals surface area contributed by atoms with Crippen LogP contribution in [0.15, 0.2) is 6.07 Å². The molecule has 1 aliphatic carbocycles. The van der Waals surface area contributed by atoms with E-state index in [0.29, 0.717) is 0 Å². The monoisotopic (exact) mass is 236 g/mol. The van der Waals surface area contributed by atoms with Crippen LogP contribution >= 0.6 is 0 Å². The van der Waals surface area contributed by atoms with E-state index < -0.39 is 0 Å². The first-order valence-electron chi connectivity index (χ1n) is 6.53. The number of fused-ring (bicyclic) bond motifs is 1. The van der Waals surface area contributed by atoms with Crippen LogP contribution in [0.5, 0.6) is 5.75 Å². The Kier molecular flexibility index (Phi) is 3.70. The van der Waals surface area contributed by atoms with E-state index in [-0.39, 0.29) is 11.7 Å². The molecule has 1 aromatic carbocycles. The second-order valence-corrected chi connectivity index (χ2v) is 5.16. The van der Waals surface area contributed by atoms with Crippen molar-refractivity contribution < 1.29 is 9.13 Å². The molecular weight excluding hydrogens is 215 g/mol. The summed E-state index contributed by atoms with van der Waals surface area (Å²) in [5, 5.41) is 0. The minimum Gasteiger partial charge on any atom is -0.496 e. The standard InChI is InChI=1S/C15H21FO/c1-10(2)14-13(17-3)9-11-7-5-4-6-8-12(11)15(14)16/h9-10H,4-8H2,1-3H3. The highest BCUT2D eigenvalue weighted by Crippen LogP contribution is 2.35. The molecule has 0 saturated carbocycles. The zero-order valence-electron chi connectivity index (χ0n) is 11.0. The van der Waals surface area contributed by atoms with Gasteiger partial charge >= 0.3 is 0 Å². The third-order valence-corrected chi connectivity index (χ3v) is 3.63. The molecule has 0 heterocycles. The molecule has 0 N–H and O–H groups in total. The SMILES string of the molecule is COc1cc2c(c(F)c1C(C)C)CCCCC2. The van der Waals surface area contributed by atoms with Gasteiger partial charge in [0.1, 0.15) is 11.6 Å². The van der Waals surface area contributed by atoms with Gasteiger partial charge in [-0.1, -0.05) is 20.3 Å². The summed E-state index contributed by atoms with van der Waals surface area (Å²) in [5.74, 6) is 0.868. The van der Waals surface area contributed by atoms with Crippen molar-refractivity contribution in [1.82, 2.24) is 0 Å². The Morgan fingerprint density at radius 1 is 1.18 bits per heavy atom. The van der Waals surface area contributed by atoms with Gasteiger partial charge in [-0.25, -0.2) is 4.39 Å². The van der Waals surface area contributed by atoms with Gasteiger partial charge in [0.05, 0.1) is 7.11 Å². The van der Waals surface area contributed by atoms with E-state index in [2.05, 4.69) is 6.07 Å². The highest BCUT2D eigenvalue weighted by molar-refractivity contribution is 5.46. The topological polar surface area (TPSA) is 9.23 Å². The summed E-state index contributed by atoms with van der Waals surface area (Å²) in [4.78, 5) is 0. The fourth-order valence-corrected chi connectivity index (χ4v) is 2.73. The van der Waals surface area contributed by atoms with Gasteiger partial charge in [0.25, 0.3) is 0 Å². The van der Waals surface area contributed by atoms with E-state index in [9.17, 15) is 4.39 Å². The van der Waals surface area contributed by atoms with Crippen molar-refractivity contribution >= 4 is 0 Å². The molecule has 0 radical (unpaired) electrons. The van der Waals surface area contributed by atoms with E-state index in [1.165, 1.54) is 6.42 Å². The van der Waals surface area contributed by atoms with Gasteiger partial charge in [-0.15, -0.1) is 0 Å². The Morgan fingerprint density at radius 2 is 1.88 bits per heavy atom. The number of benzene rings is 1. The molecule has 0 aromatic heterocycles. The van der Waals surface area contributed by atoms with E-state index in [1.807, 2.05) is 13.8 Å². The van der Waals surface area contributed by atoms with E-state index >= 15 is 0 Å². The van der Waals surface area contributed by atoms with Crippen molar-refractivity contribution in [1.29, 1.82) is 0 Å². The van der Waals surface area contributed by atoms with Crippen molar-refractivity contribution in [2.45, 2.75) is 51.9 Å². The number of halogens is 1. The quantitative estimate of drug-likeness (QED) is 0.698. The Hall–Kier alpha value is -1.05. The number of ether oxygens (including phenoxy) is 1. The average molecular weight is 236 g/mol. The van der Waals surface area contributed by atoms with Gasteiger partial charge in [0.15, 0.2) is 0 Å². The van der Waals surface area contributed by atoms with Crippen molar-refractivity contribution in [2.75, 3.05) is 7.11 Å². The molecule has 0 atom stereocenters. The maximum absolute atomic E-state index is 14.6. The van der Waals surface area contributed by atoms with Gasteiger partial charge in [0.2, 0.25) is 0 Å². The Labute approximate surface area is 103 Å². The Balaban J connectivity index is 2.58. The van der Waals surface area contributed by atoms with Crippen LogP contribution in [0.1, 0.15) is 55.7 Å². The minimum absolute atomic E-state index is 0.0174. The summed E-state index contributed by atoms with van der Waals surface area (Å²) in [6.07, 6.45) is 5.34. The van der Waals surface area contributed by atoms with E-state index in [1.54, 1.807) is 7.11 Å². The number of rotatable bonds is 2. The molecule has 0 fully saturated rings. The zero-order chi connectivity index (χ0) is 12.4. The molecule has 94 valence electrons. The molecule has 1 nitrogen and oxygen atoms in total. The molecule has 1 aromatic rings. The first kappa shape index (κ1) is 12.4. The molecule has 0 unspecified atom stereocenters. The van der Waals surface area contributed by atoms with Crippen molar-refractivity contribution in [2.24, 2.45) is 0 Å². The highest BCUT2D eigenvalue weighted by Gasteiger charge is 2.21. The van der Waals surface area contributed by atoms with E-state index in [4.69, 9.17) is 4.74 Å². The summed E-state index contributed by atoms with van der Waals surface area (Å²) >= 11 is 0. The Bertz CT molecular complexity index is 410. The maximum atomic E-state index is 14.6. The smallest absolute Gasteiger partial charge is 0.133 e. The van der Waals surface area contributed by atoms with Crippen LogP contribution in [0.2, 0.25) is 0 Å². The van der Waals surface area contributed by atoms with Gasteiger partial charge in [-0.3, -0.25) is 0 Å². The van der Waals surface area contributed by atoms with Crippen LogP contribution in [0.25, 0.3) is 0 Å². The van der Waals surface area contributed by atoms with Gasteiger partial charge in [-0.05, 0) is 48.8 Å². The third kappa shape index (κ3) is 2.31. The minimum atomic E-state index is -0.0174. The fourth-order valence-electron chi connectivity index (χ4n) is 2.73. The van der Waals surface area contributed by atoms with Crippen LogP contribution in [-0.4, -0.2) is 7.11 Å². The lowest BCUT2D eigenvalue weighted by Gasteiger charge is -2.18. The molecular formula is C15H21FO. The highest BCUT2D eigenvalue weighted by atomic mass is 19.1. The first-order chi connectivity index (χ1) is 8.15. The van der Waals surface area contributed by atoms with Crippen LogP contribution in [0, 0.1) is 5.82 Å². The predicted octanol–water partition coefficient (Wildman–Crippen LogP) is 4.23. The number of aryl methyl sites for hydroxylation is 1. The van der Waals surface area contributed by atoms with Crippen molar-refractivity contribution in [3.05, 3.63) is 28.6 Å². The average Bonchev–Trinajstić information content (AvgIpc) is 2.53. The summed E-state index contributed by atoms with van der Waals surface area (Å²) in [6.45, 7) is 4.04. The molecule has 0 aliphatic heterocycles.